The summed E-state index contributed by atoms with van der Waals surface area (Å²) in [6, 6.07) is 16.3. The van der Waals surface area contributed by atoms with Crippen LogP contribution in [0.3, 0.4) is 0 Å². The number of para-hydroxylation sites is 1. The highest BCUT2D eigenvalue weighted by Gasteiger charge is 2.19. The summed E-state index contributed by atoms with van der Waals surface area (Å²) >= 11 is 7.64. The Balaban J connectivity index is 1.95. The first-order chi connectivity index (χ1) is 15.0. The quantitative estimate of drug-likeness (QED) is 0.233. The zero-order chi connectivity index (χ0) is 22.0. The van der Waals surface area contributed by atoms with E-state index in [1.807, 2.05) is 37.3 Å². The van der Waals surface area contributed by atoms with E-state index in [9.17, 15) is 14.7 Å². The van der Waals surface area contributed by atoms with Crippen molar-refractivity contribution in [1.82, 2.24) is 14.1 Å². The maximum Gasteiger partial charge on any atom is 0.278 e. The van der Waals surface area contributed by atoms with Crippen LogP contribution in [0, 0.1) is 3.95 Å². The van der Waals surface area contributed by atoms with E-state index < -0.39 is 5.97 Å². The van der Waals surface area contributed by atoms with E-state index in [1.165, 1.54) is 15.9 Å². The third kappa shape index (κ3) is 4.27. The molecule has 0 bridgehead atoms. The van der Waals surface area contributed by atoms with Crippen LogP contribution in [0.4, 0.5) is 0 Å². The van der Waals surface area contributed by atoms with Crippen molar-refractivity contribution in [3.8, 4) is 17.1 Å². The van der Waals surface area contributed by atoms with Crippen LogP contribution in [-0.4, -0.2) is 32.4 Å². The lowest BCUT2D eigenvalue weighted by Gasteiger charge is -2.13. The third-order valence-corrected chi connectivity index (χ3v) is 6.58. The molecule has 31 heavy (non-hydrogen) atoms. The summed E-state index contributed by atoms with van der Waals surface area (Å²) in [4.78, 5) is 29.1. The largest absolute Gasteiger partial charge is 0.549 e. The summed E-state index contributed by atoms with van der Waals surface area (Å²) in [5.41, 5.74) is 1.41. The fourth-order valence-corrected chi connectivity index (χ4v) is 5.07. The topological polar surface area (TPSA) is 89.2 Å². The highest BCUT2D eigenvalue weighted by Crippen LogP contribution is 2.28. The van der Waals surface area contributed by atoms with Gasteiger partial charge in [-0.25, -0.2) is 4.98 Å². The van der Waals surface area contributed by atoms with Crippen molar-refractivity contribution >= 4 is 51.6 Å². The molecule has 2 aromatic carbocycles. The summed E-state index contributed by atoms with van der Waals surface area (Å²) in [6.07, 6.45) is 0. The highest BCUT2D eigenvalue weighted by atomic mass is 32.2. The summed E-state index contributed by atoms with van der Waals surface area (Å²) in [6.45, 7) is 2.46. The maximum atomic E-state index is 13.4. The van der Waals surface area contributed by atoms with E-state index >= 15 is 0 Å². The minimum Gasteiger partial charge on any atom is -0.549 e. The number of carboxylic acids is 1. The van der Waals surface area contributed by atoms with Crippen LogP contribution in [0.2, 0.25) is 0 Å². The highest BCUT2D eigenvalue weighted by molar-refractivity contribution is 7.99. The van der Waals surface area contributed by atoms with Crippen molar-refractivity contribution in [2.75, 3.05) is 12.4 Å². The number of carbonyl (C=O) groups excluding carboxylic acids is 1. The van der Waals surface area contributed by atoms with Crippen LogP contribution in [0.1, 0.15) is 6.92 Å². The number of aromatic nitrogens is 3. The van der Waals surface area contributed by atoms with Crippen molar-refractivity contribution < 1.29 is 14.6 Å². The molecule has 0 aliphatic carbocycles. The monoisotopic (exact) mass is 470 g/mol. The third-order valence-electron chi connectivity index (χ3n) is 4.32. The fourth-order valence-electron chi connectivity index (χ4n) is 3.05. The van der Waals surface area contributed by atoms with E-state index in [1.54, 1.807) is 28.8 Å². The van der Waals surface area contributed by atoms with Gasteiger partial charge in [0.15, 0.2) is 14.8 Å². The molecular weight excluding hydrogens is 454 g/mol. The number of thiazole rings is 1. The Labute approximate surface area is 190 Å². The molecule has 0 aliphatic rings. The lowest BCUT2D eigenvalue weighted by Crippen LogP contribution is -2.26. The maximum absolute atomic E-state index is 13.4. The van der Waals surface area contributed by atoms with Crippen LogP contribution in [0.15, 0.2) is 64.5 Å². The van der Waals surface area contributed by atoms with Gasteiger partial charge >= 0.3 is 0 Å². The number of rotatable bonds is 7. The Morgan fingerprint density at radius 2 is 1.81 bits per heavy atom. The second-order valence-electron chi connectivity index (χ2n) is 6.31. The molecule has 4 rings (SSSR count). The second kappa shape index (κ2) is 9.04. The number of hydrogen-bond donors (Lipinski definition) is 0. The van der Waals surface area contributed by atoms with Gasteiger partial charge < -0.3 is 14.6 Å². The first-order valence-corrected chi connectivity index (χ1v) is 11.5. The molecule has 2 heterocycles. The van der Waals surface area contributed by atoms with Crippen LogP contribution in [0.5, 0.6) is 5.75 Å². The first kappa shape index (κ1) is 21.3. The van der Waals surface area contributed by atoms with Gasteiger partial charge in [0.05, 0.1) is 18.3 Å². The normalized spacial score (nSPS) is 11.0. The Morgan fingerprint density at radius 1 is 1.13 bits per heavy atom. The van der Waals surface area contributed by atoms with Crippen molar-refractivity contribution in [3.05, 3.63) is 68.9 Å². The predicted molar refractivity (Wildman–Crippen MR) is 122 cm³/mol. The number of ether oxygens (including phenoxy) is 1. The zero-order valence-electron chi connectivity index (χ0n) is 16.3. The van der Waals surface area contributed by atoms with Gasteiger partial charge in [-0.05, 0) is 55.5 Å². The number of nitrogens with zero attached hydrogens (tertiary/aromatic N) is 3. The number of thioether (sulfide) groups is 1. The molecule has 4 aromatic rings. The number of fused-ring (bicyclic) bond motifs is 1. The number of aliphatic carboxylic acids is 1. The standard InChI is InChI=1S/C21H17N3O4S3/c1-2-28-15-10-8-14(9-11-15)23-18-17(31-21(23)29)19(27)24(13-6-4-3-5-7-13)20(22-18)30-12-16(25)26/h3-11H,2,12H2,1H3,(H,25,26)/p-1. The van der Waals surface area contributed by atoms with Gasteiger partial charge in [-0.15, -0.1) is 0 Å². The van der Waals surface area contributed by atoms with E-state index in [2.05, 4.69) is 4.98 Å². The SMILES string of the molecule is CCOc1ccc(-n2c(=S)sc3c(=O)n(-c4ccccc4)c(SCC(=O)[O-])nc32)cc1. The van der Waals surface area contributed by atoms with Crippen molar-refractivity contribution in [1.29, 1.82) is 0 Å². The Morgan fingerprint density at radius 3 is 2.45 bits per heavy atom. The Kier molecular flexibility index (Phi) is 6.21. The van der Waals surface area contributed by atoms with Gasteiger partial charge in [-0.2, -0.15) is 0 Å². The molecule has 0 radical (unpaired) electrons. The minimum absolute atomic E-state index is 0.250. The molecule has 7 nitrogen and oxygen atoms in total. The van der Waals surface area contributed by atoms with Crippen molar-refractivity contribution in [2.24, 2.45) is 0 Å². The number of hydrogen-bond acceptors (Lipinski definition) is 8. The second-order valence-corrected chi connectivity index (χ2v) is 8.90. The minimum atomic E-state index is -1.24. The van der Waals surface area contributed by atoms with Gasteiger partial charge in [0, 0.05) is 11.4 Å². The van der Waals surface area contributed by atoms with Crippen molar-refractivity contribution in [2.45, 2.75) is 12.1 Å². The smallest absolute Gasteiger partial charge is 0.278 e. The summed E-state index contributed by atoms with van der Waals surface area (Å²) in [5, 5.41) is 11.3. The van der Waals surface area contributed by atoms with Gasteiger partial charge in [0.25, 0.3) is 5.56 Å². The molecule has 0 aliphatic heterocycles. The Hall–Kier alpha value is -2.95. The molecule has 158 valence electrons. The summed E-state index contributed by atoms with van der Waals surface area (Å²) in [7, 11) is 0. The molecule has 0 saturated heterocycles. The number of carboxylic acid groups (broad SMARTS) is 1. The molecular formula is C21H16N3O4S3-. The molecule has 0 saturated carbocycles. The molecule has 0 amide bonds. The lowest BCUT2D eigenvalue weighted by molar-refractivity contribution is -0.301. The van der Waals surface area contributed by atoms with Crippen LogP contribution >= 0.6 is 35.3 Å². The molecule has 0 fully saturated rings. The van der Waals surface area contributed by atoms with Gasteiger partial charge in [0.2, 0.25) is 0 Å². The van der Waals surface area contributed by atoms with E-state index in [-0.39, 0.29) is 16.5 Å². The summed E-state index contributed by atoms with van der Waals surface area (Å²) < 4.78 is 9.46. The molecule has 0 unspecified atom stereocenters. The Bertz CT molecular complexity index is 1360. The first-order valence-electron chi connectivity index (χ1n) is 9.29. The van der Waals surface area contributed by atoms with Gasteiger partial charge in [0.1, 0.15) is 10.4 Å². The van der Waals surface area contributed by atoms with Crippen molar-refractivity contribution in [3.63, 3.8) is 0 Å². The van der Waals surface area contributed by atoms with Gasteiger partial charge in [-0.1, -0.05) is 41.3 Å². The van der Waals surface area contributed by atoms with E-state index in [4.69, 9.17) is 17.0 Å². The number of benzene rings is 2. The number of carbonyl (C=O) groups is 1. The predicted octanol–water partition coefficient (Wildman–Crippen LogP) is 3.21. The lowest BCUT2D eigenvalue weighted by atomic mass is 10.3. The van der Waals surface area contributed by atoms with E-state index in [0.717, 1.165) is 23.2 Å². The molecule has 0 spiro atoms. The molecule has 0 N–H and O–H groups in total. The van der Waals surface area contributed by atoms with E-state index in [0.29, 0.717) is 26.6 Å². The van der Waals surface area contributed by atoms with Crippen LogP contribution in [0.25, 0.3) is 21.7 Å². The molecule has 10 heteroatoms. The molecule has 0 atom stereocenters. The average molecular weight is 471 g/mol. The summed E-state index contributed by atoms with van der Waals surface area (Å²) in [5.74, 6) is -0.854. The van der Waals surface area contributed by atoms with Crippen LogP contribution < -0.4 is 15.4 Å². The van der Waals surface area contributed by atoms with Gasteiger partial charge in [-0.3, -0.25) is 13.9 Å². The zero-order valence-corrected chi connectivity index (χ0v) is 18.8. The molecule has 2 aromatic heterocycles. The average Bonchev–Trinajstić information content (AvgIpc) is 3.10. The fraction of sp³-hybridized carbons (Fsp3) is 0.143. The van der Waals surface area contributed by atoms with Crippen LogP contribution in [-0.2, 0) is 4.79 Å².